The van der Waals surface area contributed by atoms with Gasteiger partial charge in [0.1, 0.15) is 6.04 Å². The number of nitrogens with one attached hydrogen (secondary N) is 1. The first-order chi connectivity index (χ1) is 11.0. The molecule has 1 atom stereocenters. The molecule has 23 heavy (non-hydrogen) atoms. The molecule has 1 aromatic heterocycles. The average Bonchev–Trinajstić information content (AvgIpc) is 2.49. The van der Waals surface area contributed by atoms with E-state index in [1.807, 2.05) is 6.92 Å². The summed E-state index contributed by atoms with van der Waals surface area (Å²) in [5.41, 5.74) is 1.39. The van der Waals surface area contributed by atoms with Crippen LogP contribution < -0.4 is 10.9 Å². The van der Waals surface area contributed by atoms with Gasteiger partial charge in [-0.05, 0) is 31.2 Å². The Morgan fingerprint density at radius 1 is 1.43 bits per heavy atom. The molecule has 2 aliphatic rings. The summed E-state index contributed by atoms with van der Waals surface area (Å²) in [5.74, 6) is 0.674. The Bertz CT molecular complexity index is 636. The van der Waals surface area contributed by atoms with E-state index in [0.29, 0.717) is 18.9 Å². The minimum Gasteiger partial charge on any atom is -0.378 e. The largest absolute Gasteiger partial charge is 0.378 e. The number of nitrogens with zero attached hydrogens (tertiary/aromatic N) is 2. The Hall–Kier alpha value is -1.66. The third kappa shape index (κ3) is 3.64. The number of aromatic nitrogens is 1. The highest BCUT2D eigenvalue weighted by atomic mass is 16.5. The fraction of sp³-hybridized carbons (Fsp3) is 0.647. The standard InChI is InChI=1S/C17H25N3O3/c1-12-8-16(21)19(2)10-14(12)18-17(22)15-11-23-7-6-20(15)9-13-4-3-5-13/h8,10,13,15H,3-7,9,11H2,1-2H3,(H,18,22). The van der Waals surface area contributed by atoms with E-state index in [4.69, 9.17) is 4.74 Å². The molecule has 0 spiro atoms. The lowest BCUT2D eigenvalue weighted by Crippen LogP contribution is -2.53. The molecular weight excluding hydrogens is 294 g/mol. The monoisotopic (exact) mass is 319 g/mol. The van der Waals surface area contributed by atoms with Gasteiger partial charge in [-0.25, -0.2) is 0 Å². The molecule has 3 rings (SSSR count). The summed E-state index contributed by atoms with van der Waals surface area (Å²) in [6, 6.07) is 1.29. The van der Waals surface area contributed by atoms with Gasteiger partial charge in [0.25, 0.3) is 5.56 Å². The number of anilines is 1. The van der Waals surface area contributed by atoms with Crippen molar-refractivity contribution in [1.29, 1.82) is 0 Å². The van der Waals surface area contributed by atoms with Crippen molar-refractivity contribution in [3.63, 3.8) is 0 Å². The van der Waals surface area contributed by atoms with E-state index in [1.165, 1.54) is 23.8 Å². The fourth-order valence-corrected chi connectivity index (χ4v) is 3.18. The van der Waals surface area contributed by atoms with Gasteiger partial charge in [0.2, 0.25) is 5.91 Å². The van der Waals surface area contributed by atoms with Crippen LogP contribution in [0.25, 0.3) is 0 Å². The maximum atomic E-state index is 12.7. The van der Waals surface area contributed by atoms with Gasteiger partial charge in [-0.3, -0.25) is 14.5 Å². The van der Waals surface area contributed by atoms with Crippen LogP contribution in [-0.2, 0) is 16.6 Å². The SMILES string of the molecule is Cc1cc(=O)n(C)cc1NC(=O)C1COCCN1CC1CCC1. The minimum atomic E-state index is -0.249. The number of pyridine rings is 1. The Labute approximate surface area is 136 Å². The summed E-state index contributed by atoms with van der Waals surface area (Å²) in [6.45, 7) is 4.74. The number of hydrogen-bond donors (Lipinski definition) is 1. The van der Waals surface area contributed by atoms with Crippen LogP contribution >= 0.6 is 0 Å². The Kier molecular flexibility index (Phi) is 4.82. The molecule has 0 aromatic carbocycles. The van der Waals surface area contributed by atoms with Crippen molar-refractivity contribution >= 4 is 11.6 Å². The molecular formula is C17H25N3O3. The van der Waals surface area contributed by atoms with Crippen molar-refractivity contribution in [1.82, 2.24) is 9.47 Å². The summed E-state index contributed by atoms with van der Waals surface area (Å²) in [4.78, 5) is 26.6. The number of ether oxygens (including phenoxy) is 1. The summed E-state index contributed by atoms with van der Waals surface area (Å²) in [6.07, 6.45) is 5.52. The zero-order valence-electron chi connectivity index (χ0n) is 13.9. The summed E-state index contributed by atoms with van der Waals surface area (Å²) in [7, 11) is 1.68. The van der Waals surface area contributed by atoms with E-state index in [2.05, 4.69) is 10.2 Å². The van der Waals surface area contributed by atoms with Crippen molar-refractivity contribution < 1.29 is 9.53 Å². The first-order valence-corrected chi connectivity index (χ1v) is 8.34. The third-order valence-corrected chi connectivity index (χ3v) is 4.95. The van der Waals surface area contributed by atoms with Gasteiger partial charge in [-0.2, -0.15) is 0 Å². The van der Waals surface area contributed by atoms with Crippen LogP contribution in [0, 0.1) is 12.8 Å². The van der Waals surface area contributed by atoms with Gasteiger partial charge in [0.05, 0.1) is 18.9 Å². The highest BCUT2D eigenvalue weighted by Crippen LogP contribution is 2.28. The molecule has 6 nitrogen and oxygen atoms in total. The van der Waals surface area contributed by atoms with E-state index in [9.17, 15) is 9.59 Å². The average molecular weight is 319 g/mol. The molecule has 1 aromatic rings. The number of carbonyl (C=O) groups excluding carboxylic acids is 1. The third-order valence-electron chi connectivity index (χ3n) is 4.95. The van der Waals surface area contributed by atoms with Gasteiger partial charge in [0.15, 0.2) is 0 Å². The van der Waals surface area contributed by atoms with Gasteiger partial charge in [-0.15, -0.1) is 0 Å². The zero-order chi connectivity index (χ0) is 16.4. The predicted molar refractivity (Wildman–Crippen MR) is 88.6 cm³/mol. The molecule has 0 bridgehead atoms. The zero-order valence-corrected chi connectivity index (χ0v) is 13.9. The maximum absolute atomic E-state index is 12.7. The maximum Gasteiger partial charge on any atom is 0.250 e. The normalized spacial score (nSPS) is 22.6. The first kappa shape index (κ1) is 16.2. The second kappa shape index (κ2) is 6.84. The van der Waals surface area contributed by atoms with E-state index in [-0.39, 0.29) is 17.5 Å². The molecule has 1 aliphatic carbocycles. The molecule has 2 heterocycles. The van der Waals surface area contributed by atoms with Crippen LogP contribution in [-0.4, -0.2) is 47.7 Å². The van der Waals surface area contributed by atoms with Crippen LogP contribution in [0.5, 0.6) is 0 Å². The summed E-state index contributed by atoms with van der Waals surface area (Å²) < 4.78 is 7.00. The van der Waals surface area contributed by atoms with Crippen LogP contribution in [0.1, 0.15) is 24.8 Å². The van der Waals surface area contributed by atoms with Crippen LogP contribution in [0.15, 0.2) is 17.1 Å². The van der Waals surface area contributed by atoms with Crippen molar-refractivity contribution in [3.8, 4) is 0 Å². The molecule has 1 N–H and O–H groups in total. The second-order valence-electron chi connectivity index (χ2n) is 6.69. The summed E-state index contributed by atoms with van der Waals surface area (Å²) in [5, 5.41) is 2.97. The lowest BCUT2D eigenvalue weighted by atomic mass is 9.84. The van der Waals surface area contributed by atoms with E-state index >= 15 is 0 Å². The molecule has 1 unspecified atom stereocenters. The van der Waals surface area contributed by atoms with E-state index in [1.54, 1.807) is 19.3 Å². The topological polar surface area (TPSA) is 63.6 Å². The van der Waals surface area contributed by atoms with Crippen molar-refractivity contribution in [3.05, 3.63) is 28.2 Å². The fourth-order valence-electron chi connectivity index (χ4n) is 3.18. The number of hydrogen-bond acceptors (Lipinski definition) is 4. The van der Waals surface area contributed by atoms with E-state index in [0.717, 1.165) is 24.6 Å². The number of aryl methyl sites for hydroxylation is 2. The molecule has 1 saturated carbocycles. The number of carbonyl (C=O) groups is 1. The Morgan fingerprint density at radius 3 is 2.91 bits per heavy atom. The van der Waals surface area contributed by atoms with Crippen LogP contribution in [0.2, 0.25) is 0 Å². The van der Waals surface area contributed by atoms with E-state index < -0.39 is 0 Å². The van der Waals surface area contributed by atoms with Gasteiger partial charge < -0.3 is 14.6 Å². The lowest BCUT2D eigenvalue weighted by molar-refractivity contribution is -0.128. The Morgan fingerprint density at radius 2 is 2.22 bits per heavy atom. The Balaban J connectivity index is 1.70. The number of rotatable bonds is 4. The summed E-state index contributed by atoms with van der Waals surface area (Å²) >= 11 is 0. The number of morpholine rings is 1. The second-order valence-corrected chi connectivity index (χ2v) is 6.69. The van der Waals surface area contributed by atoms with Crippen molar-refractivity contribution in [2.24, 2.45) is 13.0 Å². The van der Waals surface area contributed by atoms with Crippen LogP contribution in [0.3, 0.4) is 0 Å². The molecule has 126 valence electrons. The molecule has 2 fully saturated rings. The van der Waals surface area contributed by atoms with Crippen molar-refractivity contribution in [2.45, 2.75) is 32.2 Å². The molecule has 1 aliphatic heterocycles. The highest BCUT2D eigenvalue weighted by molar-refractivity contribution is 5.95. The van der Waals surface area contributed by atoms with Gasteiger partial charge in [-0.1, -0.05) is 6.42 Å². The first-order valence-electron chi connectivity index (χ1n) is 8.34. The van der Waals surface area contributed by atoms with Crippen molar-refractivity contribution in [2.75, 3.05) is 31.6 Å². The number of amides is 1. The molecule has 1 amide bonds. The minimum absolute atomic E-state index is 0.0502. The lowest BCUT2D eigenvalue weighted by Gasteiger charge is -2.39. The molecule has 6 heteroatoms. The van der Waals surface area contributed by atoms with Crippen LogP contribution in [0.4, 0.5) is 5.69 Å². The molecule has 1 saturated heterocycles. The van der Waals surface area contributed by atoms with Gasteiger partial charge >= 0.3 is 0 Å². The predicted octanol–water partition coefficient (Wildman–Crippen LogP) is 1.13. The smallest absolute Gasteiger partial charge is 0.250 e. The quantitative estimate of drug-likeness (QED) is 0.904. The molecule has 0 radical (unpaired) electrons. The van der Waals surface area contributed by atoms with Gasteiger partial charge in [0, 0.05) is 32.4 Å². The highest BCUT2D eigenvalue weighted by Gasteiger charge is 2.32.